The molecule has 0 atom stereocenters. The van der Waals surface area contributed by atoms with Gasteiger partial charge in [-0.3, -0.25) is 9.59 Å². The molecule has 2 heterocycles. The van der Waals surface area contributed by atoms with Crippen molar-refractivity contribution in [3.05, 3.63) is 53.7 Å². The van der Waals surface area contributed by atoms with Crippen LogP contribution >= 0.6 is 0 Å². The number of hydrogen-bond acceptors (Lipinski definition) is 5. The number of pyridine rings is 1. The molecular weight excluding hydrogens is 356 g/mol. The third-order valence-electron chi connectivity index (χ3n) is 4.76. The van der Waals surface area contributed by atoms with Crippen LogP contribution in [0.1, 0.15) is 34.6 Å². The maximum absolute atomic E-state index is 12.5. The number of carbonyl (C=O) groups is 2. The van der Waals surface area contributed by atoms with Gasteiger partial charge in [0.2, 0.25) is 0 Å². The van der Waals surface area contributed by atoms with Crippen LogP contribution < -0.4 is 10.2 Å². The van der Waals surface area contributed by atoms with Crippen LogP contribution in [0.3, 0.4) is 0 Å². The zero-order valence-corrected chi connectivity index (χ0v) is 16.4. The zero-order valence-electron chi connectivity index (χ0n) is 16.4. The van der Waals surface area contributed by atoms with Gasteiger partial charge in [-0.1, -0.05) is 6.07 Å². The maximum Gasteiger partial charge on any atom is 0.257 e. The van der Waals surface area contributed by atoms with E-state index in [-0.39, 0.29) is 11.8 Å². The van der Waals surface area contributed by atoms with E-state index < -0.39 is 0 Å². The van der Waals surface area contributed by atoms with Crippen molar-refractivity contribution in [1.82, 2.24) is 9.88 Å². The fourth-order valence-corrected chi connectivity index (χ4v) is 3.13. The molecular formula is C21H26N4O3. The minimum Gasteiger partial charge on any atom is -0.378 e. The van der Waals surface area contributed by atoms with Crippen molar-refractivity contribution in [2.24, 2.45) is 0 Å². The SMILES string of the molecule is CCN(CC)C(=O)c1cccc(NC(=O)c2ccc(N3CCOCC3)nc2)c1. The lowest BCUT2D eigenvalue weighted by Crippen LogP contribution is -2.36. The summed E-state index contributed by atoms with van der Waals surface area (Å²) in [6, 6.07) is 10.6. The summed E-state index contributed by atoms with van der Waals surface area (Å²) >= 11 is 0. The highest BCUT2D eigenvalue weighted by Crippen LogP contribution is 2.16. The van der Waals surface area contributed by atoms with E-state index in [9.17, 15) is 9.59 Å². The molecule has 0 saturated carbocycles. The number of nitrogens with one attached hydrogen (secondary N) is 1. The highest BCUT2D eigenvalue weighted by atomic mass is 16.5. The minimum absolute atomic E-state index is 0.0439. The standard InChI is InChI=1S/C21H26N4O3/c1-3-24(4-2)21(27)16-6-5-7-18(14-16)23-20(26)17-8-9-19(22-15-17)25-10-12-28-13-11-25/h5-9,14-15H,3-4,10-13H2,1-2H3,(H,23,26). The predicted molar refractivity (Wildman–Crippen MR) is 109 cm³/mol. The molecule has 28 heavy (non-hydrogen) atoms. The molecule has 0 unspecified atom stereocenters. The quantitative estimate of drug-likeness (QED) is 0.831. The highest BCUT2D eigenvalue weighted by molar-refractivity contribution is 6.05. The average Bonchev–Trinajstić information content (AvgIpc) is 2.75. The number of ether oxygens (including phenoxy) is 1. The van der Waals surface area contributed by atoms with Crippen molar-refractivity contribution in [2.45, 2.75) is 13.8 Å². The molecule has 3 rings (SSSR count). The monoisotopic (exact) mass is 382 g/mol. The topological polar surface area (TPSA) is 74.8 Å². The molecule has 1 aliphatic heterocycles. The number of carbonyl (C=O) groups excluding carboxylic acids is 2. The summed E-state index contributed by atoms with van der Waals surface area (Å²) < 4.78 is 5.34. The van der Waals surface area contributed by atoms with Gasteiger partial charge in [0, 0.05) is 43.6 Å². The molecule has 0 aliphatic carbocycles. The third kappa shape index (κ3) is 4.67. The molecule has 7 nitrogen and oxygen atoms in total. The van der Waals surface area contributed by atoms with Gasteiger partial charge < -0.3 is 19.9 Å². The van der Waals surface area contributed by atoms with Crippen LogP contribution in [0, 0.1) is 0 Å². The smallest absolute Gasteiger partial charge is 0.257 e. The Bertz CT molecular complexity index is 813. The largest absolute Gasteiger partial charge is 0.378 e. The van der Waals surface area contributed by atoms with Crippen LogP contribution in [0.4, 0.5) is 11.5 Å². The second-order valence-corrected chi connectivity index (χ2v) is 6.52. The Morgan fingerprint density at radius 2 is 1.86 bits per heavy atom. The second-order valence-electron chi connectivity index (χ2n) is 6.52. The summed E-state index contributed by atoms with van der Waals surface area (Å²) in [5, 5.41) is 2.84. The van der Waals surface area contributed by atoms with Gasteiger partial charge in [-0.15, -0.1) is 0 Å². The Balaban J connectivity index is 1.67. The maximum atomic E-state index is 12.5. The molecule has 0 spiro atoms. The molecule has 1 saturated heterocycles. The van der Waals surface area contributed by atoms with E-state index in [1.807, 2.05) is 19.9 Å². The first-order valence-electron chi connectivity index (χ1n) is 9.61. The summed E-state index contributed by atoms with van der Waals surface area (Å²) in [7, 11) is 0. The van der Waals surface area contributed by atoms with Gasteiger partial charge in [-0.2, -0.15) is 0 Å². The van der Waals surface area contributed by atoms with Gasteiger partial charge in [0.1, 0.15) is 5.82 Å². The Labute approximate surface area is 165 Å². The normalized spacial score (nSPS) is 13.9. The van der Waals surface area contributed by atoms with Crippen LogP contribution in [-0.4, -0.2) is 61.1 Å². The fraction of sp³-hybridized carbons (Fsp3) is 0.381. The molecule has 7 heteroatoms. The number of hydrogen-bond donors (Lipinski definition) is 1. The van der Waals surface area contributed by atoms with E-state index in [2.05, 4.69) is 15.2 Å². The van der Waals surface area contributed by atoms with Crippen molar-refractivity contribution in [2.75, 3.05) is 49.6 Å². The molecule has 0 bridgehead atoms. The lowest BCUT2D eigenvalue weighted by molar-refractivity contribution is 0.0772. The summed E-state index contributed by atoms with van der Waals surface area (Å²) in [5.74, 6) is 0.540. The van der Waals surface area contributed by atoms with Crippen LogP contribution in [0.25, 0.3) is 0 Å². The van der Waals surface area contributed by atoms with Crippen LogP contribution in [0.15, 0.2) is 42.6 Å². The van der Waals surface area contributed by atoms with Crippen LogP contribution in [0.2, 0.25) is 0 Å². The van der Waals surface area contributed by atoms with E-state index in [0.29, 0.717) is 43.1 Å². The Morgan fingerprint density at radius 3 is 2.50 bits per heavy atom. The van der Waals surface area contributed by atoms with Gasteiger partial charge >= 0.3 is 0 Å². The molecule has 2 amide bonds. The third-order valence-corrected chi connectivity index (χ3v) is 4.76. The van der Waals surface area contributed by atoms with Gasteiger partial charge in [-0.05, 0) is 44.2 Å². The number of rotatable bonds is 6. The lowest BCUT2D eigenvalue weighted by Gasteiger charge is -2.27. The Kier molecular flexibility index (Phi) is 6.60. The van der Waals surface area contributed by atoms with E-state index in [1.165, 1.54) is 0 Å². The van der Waals surface area contributed by atoms with Crippen molar-refractivity contribution in [1.29, 1.82) is 0 Å². The van der Waals surface area contributed by atoms with Gasteiger partial charge in [0.05, 0.1) is 18.8 Å². The lowest BCUT2D eigenvalue weighted by atomic mass is 10.1. The Morgan fingerprint density at radius 1 is 1.11 bits per heavy atom. The minimum atomic E-state index is -0.256. The first kappa shape index (κ1) is 19.8. The predicted octanol–water partition coefficient (Wildman–Crippen LogP) is 2.65. The molecule has 1 fully saturated rings. The Hall–Kier alpha value is -2.93. The van der Waals surface area contributed by atoms with Gasteiger partial charge in [0.25, 0.3) is 11.8 Å². The van der Waals surface area contributed by atoms with Crippen molar-refractivity contribution in [3.63, 3.8) is 0 Å². The summed E-state index contributed by atoms with van der Waals surface area (Å²) in [5.41, 5.74) is 1.61. The van der Waals surface area contributed by atoms with Crippen LogP contribution in [0.5, 0.6) is 0 Å². The average molecular weight is 382 g/mol. The summed E-state index contributed by atoms with van der Waals surface area (Å²) in [6.45, 7) is 8.15. The number of benzene rings is 1. The molecule has 148 valence electrons. The number of amides is 2. The van der Waals surface area contributed by atoms with Gasteiger partial charge in [-0.25, -0.2) is 4.98 Å². The molecule has 0 radical (unpaired) electrons. The number of morpholine rings is 1. The highest BCUT2D eigenvalue weighted by Gasteiger charge is 2.15. The molecule has 1 N–H and O–H groups in total. The molecule has 1 aromatic carbocycles. The molecule has 1 aliphatic rings. The van der Waals surface area contributed by atoms with E-state index in [4.69, 9.17) is 4.74 Å². The van der Waals surface area contributed by atoms with Gasteiger partial charge in [0.15, 0.2) is 0 Å². The van der Waals surface area contributed by atoms with E-state index >= 15 is 0 Å². The fourth-order valence-electron chi connectivity index (χ4n) is 3.13. The van der Waals surface area contributed by atoms with Crippen molar-refractivity contribution in [3.8, 4) is 0 Å². The first-order chi connectivity index (χ1) is 13.6. The molecule has 2 aromatic rings. The summed E-state index contributed by atoms with van der Waals surface area (Å²) in [6.07, 6.45) is 1.57. The zero-order chi connectivity index (χ0) is 19.9. The number of nitrogens with zero attached hydrogens (tertiary/aromatic N) is 3. The van der Waals surface area contributed by atoms with Crippen LogP contribution in [-0.2, 0) is 4.74 Å². The summed E-state index contributed by atoms with van der Waals surface area (Å²) in [4.78, 5) is 33.3. The van der Waals surface area contributed by atoms with Crippen molar-refractivity contribution < 1.29 is 14.3 Å². The second kappa shape index (κ2) is 9.32. The van der Waals surface area contributed by atoms with E-state index in [0.717, 1.165) is 18.9 Å². The number of aromatic nitrogens is 1. The number of anilines is 2. The first-order valence-corrected chi connectivity index (χ1v) is 9.61. The molecule has 1 aromatic heterocycles. The van der Waals surface area contributed by atoms with E-state index in [1.54, 1.807) is 41.4 Å². The van der Waals surface area contributed by atoms with Crippen molar-refractivity contribution >= 4 is 23.3 Å².